The highest BCUT2D eigenvalue weighted by Crippen LogP contribution is 2.30. The van der Waals surface area contributed by atoms with E-state index in [2.05, 4.69) is 20.0 Å². The van der Waals surface area contributed by atoms with Crippen LogP contribution >= 0.6 is 11.5 Å². The topological polar surface area (TPSA) is 121 Å². The molecule has 2 aromatic rings. The number of para-hydroxylation sites is 1. The summed E-state index contributed by atoms with van der Waals surface area (Å²) in [5.41, 5.74) is 0.940. The summed E-state index contributed by atoms with van der Waals surface area (Å²) in [7, 11) is 0. The molecule has 8 nitrogen and oxygen atoms in total. The van der Waals surface area contributed by atoms with Crippen LogP contribution in [0.25, 0.3) is 0 Å². The van der Waals surface area contributed by atoms with E-state index in [0.29, 0.717) is 11.3 Å². The zero-order valence-electron chi connectivity index (χ0n) is 13.9. The van der Waals surface area contributed by atoms with Gasteiger partial charge in [-0.15, -0.1) is 0 Å². The van der Waals surface area contributed by atoms with Crippen molar-refractivity contribution in [2.45, 2.75) is 32.1 Å². The van der Waals surface area contributed by atoms with Crippen LogP contribution < -0.4 is 10.6 Å². The van der Waals surface area contributed by atoms with Gasteiger partial charge in [-0.2, -0.15) is 4.37 Å². The van der Waals surface area contributed by atoms with E-state index in [4.69, 9.17) is 5.11 Å². The molecule has 1 aliphatic rings. The van der Waals surface area contributed by atoms with E-state index in [1.165, 1.54) is 0 Å². The van der Waals surface area contributed by atoms with Crippen molar-refractivity contribution >= 4 is 40.1 Å². The Balaban J connectivity index is 1.66. The number of carboxylic acids is 1. The number of nitrogens with one attached hydrogen (secondary N) is 2. The first-order valence-corrected chi connectivity index (χ1v) is 9.06. The number of amides is 2. The number of urea groups is 1. The highest BCUT2D eigenvalue weighted by molar-refractivity contribution is 7.09. The van der Waals surface area contributed by atoms with Crippen LogP contribution in [0.1, 0.15) is 41.9 Å². The number of carbonyl (C=O) groups is 3. The maximum atomic E-state index is 12.7. The summed E-state index contributed by atoms with van der Waals surface area (Å²) in [6.07, 6.45) is 3.58. The molecule has 0 atom stereocenters. The van der Waals surface area contributed by atoms with Crippen molar-refractivity contribution in [2.24, 2.45) is 5.92 Å². The summed E-state index contributed by atoms with van der Waals surface area (Å²) >= 11 is 0.898. The fourth-order valence-electron chi connectivity index (χ4n) is 2.98. The Morgan fingerprint density at radius 3 is 2.62 bits per heavy atom. The third-order valence-corrected chi connectivity index (χ3v) is 4.83. The first kappa shape index (κ1) is 18.0. The normalized spacial score (nSPS) is 14.2. The molecule has 3 rings (SSSR count). The molecule has 1 aromatic carbocycles. The Bertz CT molecular complexity index is 830. The molecule has 0 unspecified atom stereocenters. The van der Waals surface area contributed by atoms with E-state index in [1.807, 2.05) is 0 Å². The maximum absolute atomic E-state index is 12.7. The zero-order chi connectivity index (χ0) is 18.5. The lowest BCUT2D eigenvalue weighted by Gasteiger charge is -2.13. The van der Waals surface area contributed by atoms with E-state index in [-0.39, 0.29) is 29.1 Å². The maximum Gasteiger partial charge on any atom is 0.325 e. The first-order chi connectivity index (χ1) is 12.5. The molecule has 0 saturated heterocycles. The number of Topliss-reactive ketones (excluding diaryl/α,β-unsaturated/α-hetero) is 1. The van der Waals surface area contributed by atoms with E-state index < -0.39 is 12.0 Å². The molecular formula is C17H18N4O4S. The van der Waals surface area contributed by atoms with E-state index in [0.717, 1.165) is 37.2 Å². The second-order valence-electron chi connectivity index (χ2n) is 6.06. The number of rotatable bonds is 6. The predicted molar refractivity (Wildman–Crippen MR) is 96.6 cm³/mol. The first-order valence-electron chi connectivity index (χ1n) is 8.28. The second kappa shape index (κ2) is 8.05. The lowest BCUT2D eigenvalue weighted by atomic mass is 9.95. The van der Waals surface area contributed by atoms with Crippen molar-refractivity contribution < 1.29 is 19.5 Å². The highest BCUT2D eigenvalue weighted by atomic mass is 32.1. The molecular weight excluding hydrogens is 356 g/mol. The van der Waals surface area contributed by atoms with Crippen molar-refractivity contribution in [1.82, 2.24) is 9.36 Å². The number of anilines is 2. The predicted octanol–water partition coefficient (Wildman–Crippen LogP) is 3.18. The molecule has 0 aliphatic heterocycles. The van der Waals surface area contributed by atoms with Crippen molar-refractivity contribution in [2.75, 3.05) is 10.6 Å². The number of nitrogens with zero attached hydrogens (tertiary/aromatic N) is 2. The van der Waals surface area contributed by atoms with Gasteiger partial charge in [-0.3, -0.25) is 14.9 Å². The fraction of sp³-hybridized carbons (Fsp3) is 0.353. The number of carboxylic acid groups (broad SMARTS) is 1. The van der Waals surface area contributed by atoms with Gasteiger partial charge in [0.2, 0.25) is 5.13 Å². The average Bonchev–Trinajstić information content (AvgIpc) is 3.26. The van der Waals surface area contributed by atoms with Crippen LogP contribution in [0.15, 0.2) is 24.3 Å². The van der Waals surface area contributed by atoms with Crippen LogP contribution in [0.2, 0.25) is 0 Å². The summed E-state index contributed by atoms with van der Waals surface area (Å²) in [6.45, 7) is 0. The number of carbonyl (C=O) groups excluding carboxylic acids is 2. The largest absolute Gasteiger partial charge is 0.481 e. The molecule has 0 radical (unpaired) electrons. The zero-order valence-corrected chi connectivity index (χ0v) is 14.7. The molecule has 1 fully saturated rings. The van der Waals surface area contributed by atoms with E-state index >= 15 is 0 Å². The minimum absolute atomic E-state index is 0.0164. The Kier molecular flexibility index (Phi) is 5.57. The summed E-state index contributed by atoms with van der Waals surface area (Å²) in [5, 5.41) is 14.1. The Morgan fingerprint density at radius 1 is 1.15 bits per heavy atom. The monoisotopic (exact) mass is 374 g/mol. The van der Waals surface area contributed by atoms with Gasteiger partial charge in [0.15, 0.2) is 11.6 Å². The lowest BCUT2D eigenvalue weighted by molar-refractivity contribution is -0.136. The van der Waals surface area contributed by atoms with Gasteiger partial charge in [0.25, 0.3) is 0 Å². The van der Waals surface area contributed by atoms with Crippen molar-refractivity contribution in [3.05, 3.63) is 35.7 Å². The molecule has 1 aromatic heterocycles. The van der Waals surface area contributed by atoms with Gasteiger partial charge in [0.1, 0.15) is 6.42 Å². The van der Waals surface area contributed by atoms with Gasteiger partial charge in [-0.1, -0.05) is 25.0 Å². The number of ketones is 1. The minimum Gasteiger partial charge on any atom is -0.481 e. The Hall–Kier alpha value is -2.81. The van der Waals surface area contributed by atoms with Crippen LogP contribution in [0.5, 0.6) is 0 Å². The number of aromatic nitrogens is 2. The molecule has 2 amide bonds. The van der Waals surface area contributed by atoms with Crippen molar-refractivity contribution in [3.8, 4) is 0 Å². The number of aliphatic carboxylic acids is 1. The number of benzene rings is 1. The third-order valence-electron chi connectivity index (χ3n) is 4.16. The smallest absolute Gasteiger partial charge is 0.325 e. The quantitative estimate of drug-likeness (QED) is 0.668. The van der Waals surface area contributed by atoms with Crippen molar-refractivity contribution in [1.29, 1.82) is 0 Å². The SMILES string of the molecule is O=C(O)Cc1nsc(NC(=O)Nc2ccccc2C(=O)C2CCCC2)n1. The second-order valence-corrected chi connectivity index (χ2v) is 6.81. The van der Waals surface area contributed by atoms with Crippen LogP contribution in [-0.2, 0) is 11.2 Å². The summed E-state index contributed by atoms with van der Waals surface area (Å²) in [5.74, 6) is -0.839. The summed E-state index contributed by atoms with van der Waals surface area (Å²) < 4.78 is 3.87. The molecule has 0 spiro atoms. The van der Waals surface area contributed by atoms with Gasteiger partial charge in [0, 0.05) is 23.0 Å². The standard InChI is InChI=1S/C17H18N4O4S/c22-14(23)9-13-19-17(26-21-13)20-16(25)18-12-8-4-3-7-11(12)15(24)10-5-1-2-6-10/h3-4,7-8,10H,1-2,5-6,9H2,(H,22,23)(H2,18,19,20,21,25). The minimum atomic E-state index is -1.04. The van der Waals surface area contributed by atoms with Gasteiger partial charge < -0.3 is 10.4 Å². The van der Waals surface area contributed by atoms with Crippen LogP contribution in [0.4, 0.5) is 15.6 Å². The van der Waals surface area contributed by atoms with Crippen LogP contribution in [0, 0.1) is 5.92 Å². The molecule has 26 heavy (non-hydrogen) atoms. The molecule has 1 saturated carbocycles. The molecule has 1 aliphatic carbocycles. The van der Waals surface area contributed by atoms with Gasteiger partial charge in [0.05, 0.1) is 5.69 Å². The van der Waals surface area contributed by atoms with Crippen molar-refractivity contribution in [3.63, 3.8) is 0 Å². The van der Waals surface area contributed by atoms with Gasteiger partial charge in [-0.05, 0) is 25.0 Å². The average molecular weight is 374 g/mol. The number of hydrogen-bond acceptors (Lipinski definition) is 6. The Labute approximate surface area is 153 Å². The van der Waals surface area contributed by atoms with Gasteiger partial charge >= 0.3 is 12.0 Å². The lowest BCUT2D eigenvalue weighted by Crippen LogP contribution is -2.22. The van der Waals surface area contributed by atoms with E-state index in [1.54, 1.807) is 24.3 Å². The number of hydrogen-bond donors (Lipinski definition) is 3. The fourth-order valence-corrected chi connectivity index (χ4v) is 3.56. The summed E-state index contributed by atoms with van der Waals surface area (Å²) in [4.78, 5) is 39.4. The molecule has 3 N–H and O–H groups in total. The molecule has 1 heterocycles. The molecule has 0 bridgehead atoms. The third kappa shape index (κ3) is 4.42. The molecule has 136 valence electrons. The van der Waals surface area contributed by atoms with E-state index in [9.17, 15) is 14.4 Å². The molecule has 9 heteroatoms. The van der Waals surface area contributed by atoms with Gasteiger partial charge in [-0.25, -0.2) is 9.78 Å². The highest BCUT2D eigenvalue weighted by Gasteiger charge is 2.25. The van der Waals surface area contributed by atoms with Crippen LogP contribution in [-0.4, -0.2) is 32.2 Å². The van der Waals surface area contributed by atoms with Crippen LogP contribution in [0.3, 0.4) is 0 Å². The summed E-state index contributed by atoms with van der Waals surface area (Å²) in [6, 6.07) is 6.35. The Morgan fingerprint density at radius 2 is 1.88 bits per heavy atom.